The number of rotatable bonds is 3. The summed E-state index contributed by atoms with van der Waals surface area (Å²) in [7, 11) is 0. The number of fused-ring (bicyclic) bond motifs is 1. The molecule has 1 aliphatic heterocycles. The molecule has 1 atom stereocenters. The van der Waals surface area contributed by atoms with E-state index < -0.39 is 11.7 Å². The second-order valence-electron chi connectivity index (χ2n) is 7.11. The number of hydrogen-bond donors (Lipinski definition) is 3. The zero-order valence-corrected chi connectivity index (χ0v) is 16.3. The lowest BCUT2D eigenvalue weighted by molar-refractivity contribution is -0.137. The molecule has 0 spiro atoms. The molecule has 0 bridgehead atoms. The van der Waals surface area contributed by atoms with Gasteiger partial charge in [-0.1, -0.05) is 6.07 Å². The summed E-state index contributed by atoms with van der Waals surface area (Å²) >= 11 is 5.46. The molecule has 4 rings (SSSR count). The van der Waals surface area contributed by atoms with Crippen molar-refractivity contribution in [3.63, 3.8) is 0 Å². The number of piperidine rings is 1. The average Bonchev–Trinajstić information content (AvgIpc) is 3.15. The summed E-state index contributed by atoms with van der Waals surface area (Å²) < 4.78 is 38.7. The van der Waals surface area contributed by atoms with Crippen LogP contribution >= 0.6 is 12.2 Å². The second-order valence-corrected chi connectivity index (χ2v) is 7.50. The first-order valence-electron chi connectivity index (χ1n) is 9.31. The van der Waals surface area contributed by atoms with E-state index in [2.05, 4.69) is 20.8 Å². The fraction of sp³-hybridized carbons (Fsp3) is 0.300. The number of aromatic nitrogens is 2. The van der Waals surface area contributed by atoms with Crippen LogP contribution in [0, 0.1) is 0 Å². The summed E-state index contributed by atoms with van der Waals surface area (Å²) in [4.78, 5) is 1.99. The number of halogens is 3. The molecule has 1 saturated heterocycles. The number of nitrogens with zero attached hydrogens (tertiary/aromatic N) is 2. The molecule has 29 heavy (non-hydrogen) atoms. The Morgan fingerprint density at radius 2 is 2.03 bits per heavy atom. The third-order valence-electron chi connectivity index (χ3n) is 4.96. The highest BCUT2D eigenvalue weighted by Crippen LogP contribution is 2.30. The monoisotopic (exact) mass is 419 g/mol. The Hall–Kier alpha value is -2.81. The van der Waals surface area contributed by atoms with E-state index >= 15 is 0 Å². The Bertz CT molecular complexity index is 1020. The molecule has 9 heteroatoms. The molecule has 2 heterocycles. The molecular formula is C20H20F3N5S. The van der Waals surface area contributed by atoms with Gasteiger partial charge in [-0.3, -0.25) is 5.10 Å². The average molecular weight is 419 g/mol. The summed E-state index contributed by atoms with van der Waals surface area (Å²) in [6.07, 6.45) is -0.667. The summed E-state index contributed by atoms with van der Waals surface area (Å²) in [6.45, 7) is 1.44. The SMILES string of the molecule is FC(F)(F)c1cccc(NC(=S)N2CCCC(Nc3ccc4[nH]ncc4c3)C2)c1. The first-order valence-corrected chi connectivity index (χ1v) is 9.72. The van der Waals surface area contributed by atoms with Crippen molar-refractivity contribution >= 4 is 39.6 Å². The minimum absolute atomic E-state index is 0.189. The molecule has 1 unspecified atom stereocenters. The van der Waals surface area contributed by atoms with Crippen molar-refractivity contribution in [2.75, 3.05) is 23.7 Å². The molecule has 0 saturated carbocycles. The third-order valence-corrected chi connectivity index (χ3v) is 5.32. The maximum atomic E-state index is 12.9. The van der Waals surface area contributed by atoms with Gasteiger partial charge in [0.15, 0.2) is 5.11 Å². The van der Waals surface area contributed by atoms with Crippen LogP contribution in [0.4, 0.5) is 24.5 Å². The maximum absolute atomic E-state index is 12.9. The van der Waals surface area contributed by atoms with E-state index in [0.717, 1.165) is 48.1 Å². The predicted molar refractivity (Wildman–Crippen MR) is 112 cm³/mol. The quantitative estimate of drug-likeness (QED) is 0.530. The summed E-state index contributed by atoms with van der Waals surface area (Å²) in [5.74, 6) is 0. The number of likely N-dealkylation sites (tertiary alicyclic amines) is 1. The van der Waals surface area contributed by atoms with E-state index in [9.17, 15) is 13.2 Å². The Balaban J connectivity index is 1.39. The highest BCUT2D eigenvalue weighted by Gasteiger charge is 2.30. The molecule has 5 nitrogen and oxygen atoms in total. The first-order chi connectivity index (χ1) is 13.9. The van der Waals surface area contributed by atoms with Crippen LogP contribution in [0.15, 0.2) is 48.7 Å². The maximum Gasteiger partial charge on any atom is 0.416 e. The normalized spacial score (nSPS) is 17.3. The van der Waals surface area contributed by atoms with E-state index in [4.69, 9.17) is 12.2 Å². The number of aromatic amines is 1. The Kier molecular flexibility index (Phi) is 5.31. The zero-order chi connectivity index (χ0) is 20.4. The highest BCUT2D eigenvalue weighted by molar-refractivity contribution is 7.80. The van der Waals surface area contributed by atoms with Gasteiger partial charge in [0.25, 0.3) is 0 Å². The standard InChI is InChI=1S/C20H20F3N5S/c21-20(22,23)14-3-1-4-15(10-14)26-19(29)28-8-2-5-17(12-28)25-16-6-7-18-13(9-16)11-24-27-18/h1,3-4,6-7,9-11,17,25H,2,5,8,12H2,(H,24,27)(H,26,29). The molecule has 0 aliphatic carbocycles. The van der Waals surface area contributed by atoms with Crippen molar-refractivity contribution in [3.8, 4) is 0 Å². The van der Waals surface area contributed by atoms with Crippen molar-refractivity contribution in [1.29, 1.82) is 0 Å². The molecule has 152 valence electrons. The van der Waals surface area contributed by atoms with E-state index in [1.54, 1.807) is 12.3 Å². The van der Waals surface area contributed by atoms with Gasteiger partial charge in [-0.05, 0) is 61.5 Å². The van der Waals surface area contributed by atoms with Gasteiger partial charge in [0.05, 0.1) is 17.3 Å². The van der Waals surface area contributed by atoms with Crippen molar-refractivity contribution in [1.82, 2.24) is 15.1 Å². The van der Waals surface area contributed by atoms with Gasteiger partial charge in [0.1, 0.15) is 0 Å². The van der Waals surface area contributed by atoms with Crippen molar-refractivity contribution in [2.45, 2.75) is 25.1 Å². The molecule has 3 aromatic rings. The van der Waals surface area contributed by atoms with Gasteiger partial charge in [0.2, 0.25) is 0 Å². The molecule has 1 fully saturated rings. The van der Waals surface area contributed by atoms with E-state index in [1.807, 2.05) is 23.1 Å². The zero-order valence-electron chi connectivity index (χ0n) is 15.5. The van der Waals surface area contributed by atoms with Crippen LogP contribution in [-0.2, 0) is 6.18 Å². The van der Waals surface area contributed by atoms with Crippen molar-refractivity contribution < 1.29 is 13.2 Å². The molecule has 2 aromatic carbocycles. The van der Waals surface area contributed by atoms with E-state index in [1.165, 1.54) is 6.07 Å². The molecule has 1 aliphatic rings. The lowest BCUT2D eigenvalue weighted by atomic mass is 10.1. The van der Waals surface area contributed by atoms with Gasteiger partial charge in [-0.15, -0.1) is 0 Å². The number of hydrogen-bond acceptors (Lipinski definition) is 3. The smallest absolute Gasteiger partial charge is 0.381 e. The van der Waals surface area contributed by atoms with Gasteiger partial charge in [0, 0.05) is 35.9 Å². The van der Waals surface area contributed by atoms with Crippen LogP contribution in [0.1, 0.15) is 18.4 Å². The fourth-order valence-corrected chi connectivity index (χ4v) is 3.81. The van der Waals surface area contributed by atoms with Crippen LogP contribution in [0.5, 0.6) is 0 Å². The number of H-pyrrole nitrogens is 1. The molecule has 1 aromatic heterocycles. The van der Waals surface area contributed by atoms with Gasteiger partial charge in [-0.2, -0.15) is 18.3 Å². The van der Waals surface area contributed by atoms with Crippen LogP contribution in [-0.4, -0.2) is 39.3 Å². The van der Waals surface area contributed by atoms with Crippen molar-refractivity contribution in [2.24, 2.45) is 0 Å². The number of thiocarbonyl (C=S) groups is 1. The van der Waals surface area contributed by atoms with Gasteiger partial charge >= 0.3 is 6.18 Å². The Morgan fingerprint density at radius 3 is 2.86 bits per heavy atom. The summed E-state index contributed by atoms with van der Waals surface area (Å²) in [5.41, 5.74) is 1.62. The van der Waals surface area contributed by atoms with Crippen LogP contribution in [0.25, 0.3) is 10.9 Å². The first kappa shape index (κ1) is 19.5. The fourth-order valence-electron chi connectivity index (χ4n) is 3.52. The summed E-state index contributed by atoms with van der Waals surface area (Å²) in [5, 5.41) is 14.9. The highest BCUT2D eigenvalue weighted by atomic mass is 32.1. The number of nitrogens with one attached hydrogen (secondary N) is 3. The van der Waals surface area contributed by atoms with Crippen LogP contribution < -0.4 is 10.6 Å². The van der Waals surface area contributed by atoms with Crippen LogP contribution in [0.3, 0.4) is 0 Å². The lowest BCUT2D eigenvalue weighted by Gasteiger charge is -2.35. The minimum atomic E-state index is -4.38. The minimum Gasteiger partial charge on any atom is -0.381 e. The molecule has 0 radical (unpaired) electrons. The number of benzene rings is 2. The Morgan fingerprint density at radius 1 is 1.17 bits per heavy atom. The second kappa shape index (κ2) is 7.90. The largest absolute Gasteiger partial charge is 0.416 e. The predicted octanol–water partition coefficient (Wildman–Crippen LogP) is 4.86. The number of alkyl halides is 3. The van der Waals surface area contributed by atoms with E-state index in [0.29, 0.717) is 17.3 Å². The van der Waals surface area contributed by atoms with Crippen LogP contribution in [0.2, 0.25) is 0 Å². The van der Waals surface area contributed by atoms with Gasteiger partial charge in [-0.25, -0.2) is 0 Å². The lowest BCUT2D eigenvalue weighted by Crippen LogP contribution is -2.46. The molecule has 0 amide bonds. The number of anilines is 2. The van der Waals surface area contributed by atoms with E-state index in [-0.39, 0.29) is 6.04 Å². The Labute approximate surface area is 171 Å². The van der Waals surface area contributed by atoms with Crippen molar-refractivity contribution in [3.05, 3.63) is 54.2 Å². The summed E-state index contributed by atoms with van der Waals surface area (Å²) in [6, 6.07) is 11.3. The third kappa shape index (κ3) is 4.61. The topological polar surface area (TPSA) is 56.0 Å². The molecule has 3 N–H and O–H groups in total. The van der Waals surface area contributed by atoms with Gasteiger partial charge < -0.3 is 15.5 Å². The molecular weight excluding hydrogens is 399 g/mol.